The van der Waals surface area contributed by atoms with E-state index in [0.29, 0.717) is 11.1 Å². The van der Waals surface area contributed by atoms with E-state index < -0.39 is 0 Å². The van der Waals surface area contributed by atoms with E-state index >= 15 is 0 Å². The minimum Gasteiger partial charge on any atom is -0.352 e. The Labute approximate surface area is 106 Å². The second kappa shape index (κ2) is 7.64. The van der Waals surface area contributed by atoms with Gasteiger partial charge in [-0.1, -0.05) is 5.56 Å². The Balaban J connectivity index is 0.000000318. The third-order valence-electron chi connectivity index (χ3n) is 1.87. The number of Topliss-reactive ketones (excluding diaryl/α,β-unsaturated/α-hetero) is 1. The van der Waals surface area contributed by atoms with Gasteiger partial charge in [0.25, 0.3) is 0 Å². The van der Waals surface area contributed by atoms with Crippen LogP contribution < -0.4 is 0 Å². The molecule has 2 rings (SSSR count). The maximum Gasteiger partial charge on any atom is 2.00 e. The average molecular weight is 253 g/mol. The van der Waals surface area contributed by atoms with E-state index in [4.69, 9.17) is 5.26 Å². The fourth-order valence-electron chi connectivity index (χ4n) is 1.15. The van der Waals surface area contributed by atoms with Crippen LogP contribution >= 0.6 is 0 Å². The quantitative estimate of drug-likeness (QED) is 0.445. The summed E-state index contributed by atoms with van der Waals surface area (Å²) in [5.74, 6) is -0.0541. The second-order valence-corrected chi connectivity index (χ2v) is 2.98. The van der Waals surface area contributed by atoms with Gasteiger partial charge < -0.3 is 4.79 Å². The number of hydrogen-bond donors (Lipinski definition) is 0. The summed E-state index contributed by atoms with van der Waals surface area (Å²) in [5, 5.41) is 8.45. The van der Waals surface area contributed by atoms with Gasteiger partial charge in [-0.15, -0.1) is 6.07 Å². The van der Waals surface area contributed by atoms with Crippen molar-refractivity contribution in [3.8, 4) is 6.07 Å². The predicted octanol–water partition coefficient (Wildman–Crippen LogP) is 2.88. The van der Waals surface area contributed by atoms with Gasteiger partial charge in [-0.3, -0.25) is 0 Å². The number of carbonyl (C=O) groups excluding carboxylic acids is 1. The monoisotopic (exact) mass is 253 g/mol. The number of rotatable bonds is 1. The molecule has 0 bridgehead atoms. The summed E-state index contributed by atoms with van der Waals surface area (Å²) in [6, 6.07) is 16.9. The van der Waals surface area contributed by atoms with Crippen LogP contribution in [0.3, 0.4) is 0 Å². The predicted molar refractivity (Wildman–Crippen MR) is 58.8 cm³/mol. The molecule has 2 aromatic rings. The number of hydrogen-bond acceptors (Lipinski definition) is 2. The van der Waals surface area contributed by atoms with Gasteiger partial charge in [0.05, 0.1) is 5.78 Å². The Morgan fingerprint density at radius 2 is 2.00 bits per heavy atom. The van der Waals surface area contributed by atoms with Crippen molar-refractivity contribution < 1.29 is 21.9 Å². The molecule has 0 aliphatic heterocycles. The zero-order chi connectivity index (χ0) is 11.1. The molecule has 0 aliphatic carbocycles. The molecule has 0 heterocycles. The summed E-state index contributed by atoms with van der Waals surface area (Å²) in [6.07, 6.45) is 0. The smallest absolute Gasteiger partial charge is 0.352 e. The van der Waals surface area contributed by atoms with Crippen molar-refractivity contribution in [3.63, 3.8) is 0 Å². The molecule has 82 valence electrons. The van der Waals surface area contributed by atoms with Gasteiger partial charge in [0, 0.05) is 6.07 Å². The molecule has 0 amide bonds. The minimum atomic E-state index is -0.0541. The Bertz CT molecular complexity index is 431. The zero-order valence-electron chi connectivity index (χ0n) is 8.83. The van der Waals surface area contributed by atoms with Crippen molar-refractivity contribution in [1.82, 2.24) is 0 Å². The third-order valence-corrected chi connectivity index (χ3v) is 1.87. The fourth-order valence-corrected chi connectivity index (χ4v) is 1.15. The Morgan fingerprint density at radius 1 is 1.38 bits per heavy atom. The standard InChI is InChI=1S/C8H6NO.C5H5.Fe/c1-6(10)8-4-2-3-7(8)5-9;1-2-4-5-3-1;/h2-4H,1H3;1-5H;/q2*-1;+2. The van der Waals surface area contributed by atoms with Crippen molar-refractivity contribution >= 4 is 5.78 Å². The van der Waals surface area contributed by atoms with Gasteiger partial charge in [0.1, 0.15) is 0 Å². The van der Waals surface area contributed by atoms with Crippen LogP contribution in [0.25, 0.3) is 0 Å². The summed E-state index contributed by atoms with van der Waals surface area (Å²) in [5.41, 5.74) is 0.981. The molecular formula is C13H11FeNO. The van der Waals surface area contributed by atoms with Gasteiger partial charge >= 0.3 is 17.1 Å². The first-order valence-electron chi connectivity index (χ1n) is 4.59. The van der Waals surface area contributed by atoms with Gasteiger partial charge in [-0.05, 0) is 12.5 Å². The summed E-state index contributed by atoms with van der Waals surface area (Å²) >= 11 is 0. The Kier molecular flexibility index (Phi) is 6.87. The molecule has 0 fully saturated rings. The Morgan fingerprint density at radius 3 is 2.31 bits per heavy atom. The first-order chi connectivity index (χ1) is 7.25. The van der Waals surface area contributed by atoms with Gasteiger partial charge in [0.2, 0.25) is 0 Å². The molecule has 3 heteroatoms. The first-order valence-corrected chi connectivity index (χ1v) is 4.59. The van der Waals surface area contributed by atoms with Crippen molar-refractivity contribution in [1.29, 1.82) is 5.26 Å². The van der Waals surface area contributed by atoms with E-state index in [1.807, 2.05) is 36.4 Å². The van der Waals surface area contributed by atoms with Crippen molar-refractivity contribution in [2.24, 2.45) is 0 Å². The van der Waals surface area contributed by atoms with E-state index in [0.717, 1.165) is 0 Å². The van der Waals surface area contributed by atoms with Crippen molar-refractivity contribution in [2.45, 2.75) is 6.92 Å². The summed E-state index contributed by atoms with van der Waals surface area (Å²) in [6.45, 7) is 1.45. The second-order valence-electron chi connectivity index (χ2n) is 2.98. The van der Waals surface area contributed by atoms with E-state index in [9.17, 15) is 4.79 Å². The molecule has 0 aliphatic rings. The molecule has 0 spiro atoms. The molecule has 16 heavy (non-hydrogen) atoms. The van der Waals surface area contributed by atoms with Crippen LogP contribution in [0, 0.1) is 11.3 Å². The van der Waals surface area contributed by atoms with Gasteiger partial charge in [-0.2, -0.15) is 30.3 Å². The van der Waals surface area contributed by atoms with Crippen LogP contribution in [0.2, 0.25) is 0 Å². The van der Waals surface area contributed by atoms with E-state index in [1.165, 1.54) is 6.92 Å². The molecule has 0 saturated carbocycles. The average Bonchev–Trinajstić information content (AvgIpc) is 2.92. The van der Waals surface area contributed by atoms with Gasteiger partial charge in [0.15, 0.2) is 0 Å². The van der Waals surface area contributed by atoms with E-state index in [1.54, 1.807) is 18.2 Å². The molecule has 0 saturated heterocycles. The number of carbonyl (C=O) groups is 1. The van der Waals surface area contributed by atoms with E-state index in [-0.39, 0.29) is 22.9 Å². The maximum atomic E-state index is 10.7. The van der Waals surface area contributed by atoms with Crippen LogP contribution in [0.4, 0.5) is 0 Å². The molecule has 0 radical (unpaired) electrons. The molecule has 2 aromatic carbocycles. The van der Waals surface area contributed by atoms with Crippen LogP contribution in [0.1, 0.15) is 22.8 Å². The van der Waals surface area contributed by atoms with Crippen LogP contribution in [-0.2, 0) is 17.1 Å². The van der Waals surface area contributed by atoms with E-state index in [2.05, 4.69) is 0 Å². The fraction of sp³-hybridized carbons (Fsp3) is 0.0769. The number of ketones is 1. The number of nitrogens with zero attached hydrogens (tertiary/aromatic N) is 1. The van der Waals surface area contributed by atoms with Crippen molar-refractivity contribution in [3.05, 3.63) is 59.7 Å². The molecular weight excluding hydrogens is 242 g/mol. The minimum absolute atomic E-state index is 0. The largest absolute Gasteiger partial charge is 2.00 e. The number of nitriles is 1. The van der Waals surface area contributed by atoms with Crippen LogP contribution in [0.15, 0.2) is 48.5 Å². The first kappa shape index (κ1) is 14.4. The SMILES string of the molecule is CC(=O)c1ccc[c-]1C#N.[Fe+2].c1cc[cH-]c1. The van der Waals surface area contributed by atoms with Crippen molar-refractivity contribution in [2.75, 3.05) is 0 Å². The van der Waals surface area contributed by atoms with Gasteiger partial charge in [-0.25, -0.2) is 17.4 Å². The molecule has 0 atom stereocenters. The molecule has 0 aromatic heterocycles. The van der Waals surface area contributed by atoms with Crippen LogP contribution in [-0.4, -0.2) is 5.78 Å². The summed E-state index contributed by atoms with van der Waals surface area (Å²) < 4.78 is 0. The molecule has 0 N–H and O–H groups in total. The summed E-state index contributed by atoms with van der Waals surface area (Å²) in [4.78, 5) is 10.7. The van der Waals surface area contributed by atoms with Crippen LogP contribution in [0.5, 0.6) is 0 Å². The molecule has 2 nitrogen and oxygen atoms in total. The third kappa shape index (κ3) is 4.27. The normalized spacial score (nSPS) is 8.00. The topological polar surface area (TPSA) is 40.9 Å². The summed E-state index contributed by atoms with van der Waals surface area (Å²) in [7, 11) is 0. The maximum absolute atomic E-state index is 10.7. The Hall–Kier alpha value is -1.62. The molecule has 0 unspecified atom stereocenters. The zero-order valence-corrected chi connectivity index (χ0v) is 9.93.